The quantitative estimate of drug-likeness (QED) is 0.561. The summed E-state index contributed by atoms with van der Waals surface area (Å²) in [6, 6.07) is 14.5. The van der Waals surface area contributed by atoms with Gasteiger partial charge in [0.25, 0.3) is 5.91 Å². The summed E-state index contributed by atoms with van der Waals surface area (Å²) in [5, 5.41) is 5.98. The molecular weight excluding hydrogens is 442 g/mol. The Morgan fingerprint density at radius 1 is 1.09 bits per heavy atom. The van der Waals surface area contributed by atoms with E-state index in [1.165, 1.54) is 10.4 Å². The van der Waals surface area contributed by atoms with Crippen LogP contribution in [0.25, 0.3) is 11.3 Å². The first-order valence-electron chi connectivity index (χ1n) is 10.8. The highest BCUT2D eigenvalue weighted by atomic mass is 32.2. The van der Waals surface area contributed by atoms with Gasteiger partial charge in [0.15, 0.2) is 0 Å². The standard InChI is InChI=1S/C24H27N3O3S2/c1-18-26-23(17-31-18)20-10-8-19(9-11-20)12-13-25-24(28)21-6-5-7-22(16-21)32(29,30)27-14-3-2-4-15-27/h5-11,16-17H,2-4,12-15H2,1H3,(H,25,28). The summed E-state index contributed by atoms with van der Waals surface area (Å²) in [6.07, 6.45) is 3.50. The molecule has 1 N–H and O–H groups in total. The molecule has 1 fully saturated rings. The molecule has 0 aliphatic carbocycles. The van der Waals surface area contributed by atoms with Gasteiger partial charge in [0.1, 0.15) is 0 Å². The molecule has 168 valence electrons. The lowest BCUT2D eigenvalue weighted by Gasteiger charge is -2.26. The van der Waals surface area contributed by atoms with Crippen molar-refractivity contribution in [2.45, 2.75) is 37.5 Å². The zero-order valence-electron chi connectivity index (χ0n) is 18.1. The van der Waals surface area contributed by atoms with E-state index in [0.29, 0.717) is 31.6 Å². The van der Waals surface area contributed by atoms with Gasteiger partial charge in [-0.05, 0) is 49.9 Å². The molecule has 8 heteroatoms. The Bertz CT molecular complexity index is 1180. The fourth-order valence-electron chi connectivity index (χ4n) is 3.81. The van der Waals surface area contributed by atoms with E-state index in [1.54, 1.807) is 29.5 Å². The second-order valence-corrected chi connectivity index (χ2v) is 10.9. The predicted octanol–water partition coefficient (Wildman–Crippen LogP) is 4.27. The van der Waals surface area contributed by atoms with Crippen molar-refractivity contribution < 1.29 is 13.2 Å². The summed E-state index contributed by atoms with van der Waals surface area (Å²) >= 11 is 1.63. The number of carbonyl (C=O) groups is 1. The number of rotatable bonds is 7. The van der Waals surface area contributed by atoms with Crippen LogP contribution < -0.4 is 5.32 Å². The van der Waals surface area contributed by atoms with Crippen molar-refractivity contribution in [1.29, 1.82) is 0 Å². The molecule has 1 saturated heterocycles. The lowest BCUT2D eigenvalue weighted by Crippen LogP contribution is -2.35. The topological polar surface area (TPSA) is 79.4 Å². The van der Waals surface area contributed by atoms with Crippen LogP contribution >= 0.6 is 11.3 Å². The summed E-state index contributed by atoms with van der Waals surface area (Å²) < 4.78 is 27.3. The van der Waals surface area contributed by atoms with Crippen LogP contribution in [-0.2, 0) is 16.4 Å². The molecule has 0 bridgehead atoms. The normalized spacial score (nSPS) is 14.9. The molecule has 6 nitrogen and oxygen atoms in total. The highest BCUT2D eigenvalue weighted by Gasteiger charge is 2.26. The van der Waals surface area contributed by atoms with Crippen molar-refractivity contribution in [3.63, 3.8) is 0 Å². The number of nitrogens with zero attached hydrogens (tertiary/aromatic N) is 2. The van der Waals surface area contributed by atoms with Gasteiger partial charge in [0.2, 0.25) is 10.0 Å². The van der Waals surface area contributed by atoms with E-state index in [0.717, 1.165) is 41.1 Å². The van der Waals surface area contributed by atoms with E-state index in [-0.39, 0.29) is 10.8 Å². The minimum Gasteiger partial charge on any atom is -0.352 e. The Morgan fingerprint density at radius 3 is 2.53 bits per heavy atom. The molecule has 2 heterocycles. The van der Waals surface area contributed by atoms with Crippen molar-refractivity contribution >= 4 is 27.3 Å². The van der Waals surface area contributed by atoms with Crippen molar-refractivity contribution in [3.8, 4) is 11.3 Å². The van der Waals surface area contributed by atoms with Crippen LogP contribution in [0.5, 0.6) is 0 Å². The van der Waals surface area contributed by atoms with Crippen LogP contribution in [0.15, 0.2) is 58.8 Å². The number of aryl methyl sites for hydroxylation is 1. The number of nitrogens with one attached hydrogen (secondary N) is 1. The van der Waals surface area contributed by atoms with Crippen molar-refractivity contribution in [2.75, 3.05) is 19.6 Å². The van der Waals surface area contributed by atoms with E-state index in [4.69, 9.17) is 0 Å². The molecule has 0 spiro atoms. The average molecular weight is 470 g/mol. The number of carbonyl (C=O) groups excluding carboxylic acids is 1. The van der Waals surface area contributed by atoms with Gasteiger partial charge in [0.05, 0.1) is 15.6 Å². The van der Waals surface area contributed by atoms with Crippen molar-refractivity contribution in [2.24, 2.45) is 0 Å². The van der Waals surface area contributed by atoms with Crippen LogP contribution in [-0.4, -0.2) is 43.2 Å². The number of benzene rings is 2. The minimum atomic E-state index is -3.56. The highest BCUT2D eigenvalue weighted by molar-refractivity contribution is 7.89. The Hall–Kier alpha value is -2.55. The monoisotopic (exact) mass is 469 g/mol. The van der Waals surface area contributed by atoms with Crippen molar-refractivity contribution in [1.82, 2.24) is 14.6 Å². The van der Waals surface area contributed by atoms with Crippen LogP contribution in [0.3, 0.4) is 0 Å². The Kier molecular flexibility index (Phi) is 7.03. The first-order valence-corrected chi connectivity index (χ1v) is 13.2. The summed E-state index contributed by atoms with van der Waals surface area (Å²) in [7, 11) is -3.56. The van der Waals surface area contributed by atoms with Crippen LogP contribution in [0.2, 0.25) is 0 Å². The number of piperidine rings is 1. The summed E-state index contributed by atoms with van der Waals surface area (Å²) in [5.41, 5.74) is 3.53. The van der Waals surface area contributed by atoms with E-state index in [1.807, 2.05) is 36.6 Å². The molecule has 0 atom stereocenters. The Labute approximate surface area is 193 Å². The fraction of sp³-hybridized carbons (Fsp3) is 0.333. The fourth-order valence-corrected chi connectivity index (χ4v) is 6.00. The molecular formula is C24H27N3O3S2. The molecule has 1 aliphatic rings. The largest absolute Gasteiger partial charge is 0.352 e. The summed E-state index contributed by atoms with van der Waals surface area (Å²) in [5.74, 6) is -0.268. The lowest BCUT2D eigenvalue weighted by atomic mass is 10.1. The van der Waals surface area contributed by atoms with Crippen LogP contribution in [0.1, 0.15) is 40.2 Å². The Morgan fingerprint density at radius 2 is 1.84 bits per heavy atom. The van der Waals surface area contributed by atoms with Crippen molar-refractivity contribution in [3.05, 3.63) is 70.0 Å². The first-order chi connectivity index (χ1) is 15.4. The molecule has 1 aromatic heterocycles. The average Bonchev–Trinajstić information content (AvgIpc) is 3.26. The van der Waals surface area contributed by atoms with E-state index in [9.17, 15) is 13.2 Å². The van der Waals surface area contributed by atoms with E-state index < -0.39 is 10.0 Å². The highest BCUT2D eigenvalue weighted by Crippen LogP contribution is 2.23. The predicted molar refractivity (Wildman–Crippen MR) is 127 cm³/mol. The molecule has 4 rings (SSSR count). The number of amides is 1. The zero-order valence-corrected chi connectivity index (χ0v) is 19.7. The maximum atomic E-state index is 12.9. The third-order valence-corrected chi connectivity index (χ3v) is 8.29. The lowest BCUT2D eigenvalue weighted by molar-refractivity contribution is 0.0954. The number of sulfonamides is 1. The maximum absolute atomic E-state index is 12.9. The number of thiazole rings is 1. The summed E-state index contributed by atoms with van der Waals surface area (Å²) in [4.78, 5) is 17.3. The molecule has 3 aromatic rings. The van der Waals surface area contributed by atoms with E-state index >= 15 is 0 Å². The molecule has 0 unspecified atom stereocenters. The number of aromatic nitrogens is 1. The van der Waals surface area contributed by atoms with Gasteiger partial charge in [-0.1, -0.05) is 36.8 Å². The molecule has 0 radical (unpaired) electrons. The van der Waals surface area contributed by atoms with E-state index in [2.05, 4.69) is 10.3 Å². The second kappa shape index (κ2) is 9.94. The van der Waals surface area contributed by atoms with Crippen LogP contribution in [0, 0.1) is 6.92 Å². The van der Waals surface area contributed by atoms with Gasteiger partial charge in [0, 0.05) is 36.1 Å². The maximum Gasteiger partial charge on any atom is 0.251 e. The van der Waals surface area contributed by atoms with Gasteiger partial charge in [-0.3, -0.25) is 4.79 Å². The summed E-state index contributed by atoms with van der Waals surface area (Å²) in [6.45, 7) is 3.54. The zero-order chi connectivity index (χ0) is 22.6. The molecule has 1 aliphatic heterocycles. The van der Waals surface area contributed by atoms with Gasteiger partial charge < -0.3 is 5.32 Å². The van der Waals surface area contributed by atoms with Gasteiger partial charge in [-0.15, -0.1) is 11.3 Å². The minimum absolute atomic E-state index is 0.180. The van der Waals surface area contributed by atoms with Gasteiger partial charge in [-0.25, -0.2) is 13.4 Å². The van der Waals surface area contributed by atoms with Crippen LogP contribution in [0.4, 0.5) is 0 Å². The molecule has 0 saturated carbocycles. The third kappa shape index (κ3) is 5.26. The second-order valence-electron chi connectivity index (χ2n) is 7.95. The first kappa shape index (κ1) is 22.6. The molecule has 32 heavy (non-hydrogen) atoms. The van der Waals surface area contributed by atoms with Gasteiger partial charge >= 0.3 is 0 Å². The Balaban J connectivity index is 1.35. The number of hydrogen-bond acceptors (Lipinski definition) is 5. The third-order valence-electron chi connectivity index (χ3n) is 5.62. The number of hydrogen-bond donors (Lipinski definition) is 1. The molecule has 1 amide bonds. The SMILES string of the molecule is Cc1nc(-c2ccc(CCNC(=O)c3cccc(S(=O)(=O)N4CCCCC4)c3)cc2)cs1. The molecule has 2 aromatic carbocycles. The van der Waals surface area contributed by atoms with Gasteiger partial charge in [-0.2, -0.15) is 4.31 Å². The smallest absolute Gasteiger partial charge is 0.251 e.